The Kier molecular flexibility index (Phi) is 4.10. The van der Waals surface area contributed by atoms with Crippen molar-refractivity contribution in [3.63, 3.8) is 0 Å². The number of fused-ring (bicyclic) bond motifs is 1. The van der Waals surface area contributed by atoms with Gasteiger partial charge in [0.2, 0.25) is 11.8 Å². The molecule has 2 aliphatic carbocycles. The van der Waals surface area contributed by atoms with Gasteiger partial charge in [0.25, 0.3) is 0 Å². The Hall–Kier alpha value is -2.17. The second-order valence-corrected chi connectivity index (χ2v) is 7.97. The molecule has 3 aliphatic rings. The molecule has 1 aromatic heterocycles. The molecule has 0 aromatic carbocycles. The first-order valence-electron chi connectivity index (χ1n) is 9.21. The van der Waals surface area contributed by atoms with E-state index in [4.69, 9.17) is 0 Å². The number of piperidine rings is 1. The highest BCUT2D eigenvalue weighted by atomic mass is 16.2. The largest absolute Gasteiger partial charge is 0.342 e. The molecular weight excluding hydrogens is 314 g/mol. The predicted molar refractivity (Wildman–Crippen MR) is 95.6 cm³/mol. The Morgan fingerprint density at radius 3 is 2.76 bits per heavy atom. The molecule has 2 unspecified atom stereocenters. The number of amides is 2. The van der Waals surface area contributed by atoms with E-state index in [9.17, 15) is 9.59 Å². The van der Waals surface area contributed by atoms with Gasteiger partial charge in [-0.15, -0.1) is 0 Å². The first-order valence-corrected chi connectivity index (χ1v) is 9.21. The number of hydrogen-bond donors (Lipinski definition) is 1. The average molecular weight is 339 g/mol. The van der Waals surface area contributed by atoms with E-state index in [1.54, 1.807) is 12.4 Å². The van der Waals surface area contributed by atoms with Crippen LogP contribution in [0, 0.1) is 23.2 Å². The third-order valence-electron chi connectivity index (χ3n) is 6.14. The van der Waals surface area contributed by atoms with Crippen LogP contribution in [0.1, 0.15) is 32.6 Å². The van der Waals surface area contributed by atoms with Gasteiger partial charge in [-0.3, -0.25) is 14.6 Å². The van der Waals surface area contributed by atoms with Crippen molar-refractivity contribution >= 4 is 17.5 Å². The summed E-state index contributed by atoms with van der Waals surface area (Å²) < 4.78 is 0. The molecule has 4 rings (SSSR count). The van der Waals surface area contributed by atoms with Crippen molar-refractivity contribution in [2.24, 2.45) is 23.2 Å². The Morgan fingerprint density at radius 2 is 2.12 bits per heavy atom. The van der Waals surface area contributed by atoms with E-state index in [0.717, 1.165) is 38.0 Å². The molecule has 5 heteroatoms. The van der Waals surface area contributed by atoms with E-state index in [1.807, 2.05) is 17.0 Å². The van der Waals surface area contributed by atoms with E-state index in [1.165, 1.54) is 0 Å². The minimum atomic E-state index is -0.224. The van der Waals surface area contributed by atoms with Crippen LogP contribution >= 0.6 is 0 Å². The van der Waals surface area contributed by atoms with Gasteiger partial charge in [-0.05, 0) is 49.1 Å². The summed E-state index contributed by atoms with van der Waals surface area (Å²) in [5, 5.41) is 2.90. The zero-order valence-corrected chi connectivity index (χ0v) is 14.6. The predicted octanol–water partition coefficient (Wildman–Crippen LogP) is 2.86. The Bertz CT molecular complexity index is 690. The third kappa shape index (κ3) is 3.20. The van der Waals surface area contributed by atoms with E-state index in [2.05, 4.69) is 29.4 Å². The molecule has 2 fully saturated rings. The molecule has 1 saturated carbocycles. The number of likely N-dealkylation sites (tertiary alicyclic amines) is 1. The molecule has 2 heterocycles. The lowest BCUT2D eigenvalue weighted by Gasteiger charge is -2.34. The average Bonchev–Trinajstić information content (AvgIpc) is 3.05. The van der Waals surface area contributed by atoms with Gasteiger partial charge in [0.05, 0.1) is 17.3 Å². The van der Waals surface area contributed by atoms with Crippen LogP contribution in [0.15, 0.2) is 36.7 Å². The maximum Gasteiger partial charge on any atom is 0.228 e. The molecule has 2 amide bonds. The summed E-state index contributed by atoms with van der Waals surface area (Å²) in [5.74, 6) is 1.80. The molecule has 25 heavy (non-hydrogen) atoms. The van der Waals surface area contributed by atoms with Gasteiger partial charge < -0.3 is 10.2 Å². The van der Waals surface area contributed by atoms with Gasteiger partial charge in [0.1, 0.15) is 0 Å². The van der Waals surface area contributed by atoms with Crippen LogP contribution < -0.4 is 5.32 Å². The number of hydrogen-bond acceptors (Lipinski definition) is 3. The van der Waals surface area contributed by atoms with Crippen molar-refractivity contribution in [3.8, 4) is 0 Å². The summed E-state index contributed by atoms with van der Waals surface area (Å²) in [6.07, 6.45) is 11.0. The van der Waals surface area contributed by atoms with Crippen LogP contribution in [0.4, 0.5) is 5.69 Å². The van der Waals surface area contributed by atoms with Crippen LogP contribution in [-0.4, -0.2) is 34.8 Å². The molecule has 4 atom stereocenters. The van der Waals surface area contributed by atoms with Gasteiger partial charge in [0, 0.05) is 25.7 Å². The van der Waals surface area contributed by atoms with Crippen LogP contribution in [0.5, 0.6) is 0 Å². The van der Waals surface area contributed by atoms with Crippen LogP contribution in [-0.2, 0) is 9.59 Å². The van der Waals surface area contributed by atoms with Gasteiger partial charge in [-0.2, -0.15) is 0 Å². The van der Waals surface area contributed by atoms with Crippen LogP contribution in [0.2, 0.25) is 0 Å². The van der Waals surface area contributed by atoms with Crippen molar-refractivity contribution in [3.05, 3.63) is 36.7 Å². The first-order chi connectivity index (χ1) is 12.1. The number of allylic oxidation sites excluding steroid dienone is 2. The summed E-state index contributed by atoms with van der Waals surface area (Å²) >= 11 is 0. The summed E-state index contributed by atoms with van der Waals surface area (Å²) in [5.41, 5.74) is 0.520. The smallest absolute Gasteiger partial charge is 0.228 e. The highest BCUT2D eigenvalue weighted by Gasteiger charge is 2.57. The number of anilines is 1. The van der Waals surface area contributed by atoms with Crippen molar-refractivity contribution in [1.82, 2.24) is 9.88 Å². The van der Waals surface area contributed by atoms with Crippen LogP contribution in [0.3, 0.4) is 0 Å². The molecule has 132 valence electrons. The van der Waals surface area contributed by atoms with E-state index >= 15 is 0 Å². The fourth-order valence-corrected chi connectivity index (χ4v) is 4.52. The lowest BCUT2D eigenvalue weighted by Crippen LogP contribution is -2.43. The number of pyridine rings is 1. The lowest BCUT2D eigenvalue weighted by atomic mass is 9.77. The molecule has 1 aliphatic heterocycles. The van der Waals surface area contributed by atoms with E-state index < -0.39 is 0 Å². The van der Waals surface area contributed by atoms with Gasteiger partial charge in [-0.1, -0.05) is 19.1 Å². The number of nitrogens with one attached hydrogen (secondary N) is 1. The zero-order chi connectivity index (χ0) is 17.4. The first kappa shape index (κ1) is 16.3. The number of carbonyl (C=O) groups excluding carboxylic acids is 2. The Balaban J connectivity index is 1.27. The highest BCUT2D eigenvalue weighted by molar-refractivity contribution is 5.91. The van der Waals surface area contributed by atoms with Gasteiger partial charge in [-0.25, -0.2) is 0 Å². The third-order valence-corrected chi connectivity index (χ3v) is 6.14. The van der Waals surface area contributed by atoms with Crippen molar-refractivity contribution in [2.75, 3.05) is 18.4 Å². The van der Waals surface area contributed by atoms with Crippen molar-refractivity contribution < 1.29 is 9.59 Å². The van der Waals surface area contributed by atoms with Crippen LogP contribution in [0.25, 0.3) is 0 Å². The fourth-order valence-electron chi connectivity index (χ4n) is 4.52. The van der Waals surface area contributed by atoms with Crippen molar-refractivity contribution in [1.29, 1.82) is 0 Å². The Labute approximate surface area is 148 Å². The second-order valence-electron chi connectivity index (χ2n) is 7.97. The normalized spacial score (nSPS) is 33.0. The zero-order valence-electron chi connectivity index (χ0n) is 14.6. The fraction of sp³-hybridized carbons (Fsp3) is 0.550. The molecule has 1 aromatic rings. The monoisotopic (exact) mass is 339 g/mol. The SMILES string of the molecule is CC1(C(=O)N2C[C@@H]3C(CC(=O)Nc4cccnc4)[C@@H]3C2)CC=CCC1. The Morgan fingerprint density at radius 1 is 1.32 bits per heavy atom. The van der Waals surface area contributed by atoms with E-state index in [-0.39, 0.29) is 11.3 Å². The highest BCUT2D eigenvalue weighted by Crippen LogP contribution is 2.54. The molecule has 1 N–H and O–H groups in total. The molecule has 1 saturated heterocycles. The summed E-state index contributed by atoms with van der Waals surface area (Å²) in [4.78, 5) is 31.1. The quantitative estimate of drug-likeness (QED) is 0.858. The standard InChI is InChI=1S/C20H25N3O2/c1-20(7-3-2-4-8-20)19(25)23-12-16-15(17(16)13-23)10-18(24)22-14-6-5-9-21-11-14/h2-3,5-6,9,11,15-17H,4,7-8,10,12-13H2,1H3,(H,22,24)/t15?,16-,17+,20?. The van der Waals surface area contributed by atoms with Gasteiger partial charge in [0.15, 0.2) is 0 Å². The molecule has 0 bridgehead atoms. The number of nitrogens with zero attached hydrogens (tertiary/aromatic N) is 2. The molecule has 5 nitrogen and oxygen atoms in total. The number of carbonyl (C=O) groups is 2. The topological polar surface area (TPSA) is 62.3 Å². The molecule has 0 spiro atoms. The minimum Gasteiger partial charge on any atom is -0.342 e. The number of rotatable bonds is 4. The molecular formula is C20H25N3O2. The molecule has 0 radical (unpaired) electrons. The summed E-state index contributed by atoms with van der Waals surface area (Å²) in [6.45, 7) is 3.75. The second kappa shape index (κ2) is 6.28. The summed E-state index contributed by atoms with van der Waals surface area (Å²) in [7, 11) is 0. The van der Waals surface area contributed by atoms with Gasteiger partial charge >= 0.3 is 0 Å². The maximum atomic E-state index is 12.9. The van der Waals surface area contributed by atoms with Crippen molar-refractivity contribution in [2.45, 2.75) is 32.6 Å². The summed E-state index contributed by atoms with van der Waals surface area (Å²) in [6, 6.07) is 3.66. The minimum absolute atomic E-state index is 0.0506. The van der Waals surface area contributed by atoms with E-state index in [0.29, 0.717) is 30.1 Å². The number of aromatic nitrogens is 1. The lowest BCUT2D eigenvalue weighted by molar-refractivity contribution is -0.141. The maximum absolute atomic E-state index is 12.9.